The summed E-state index contributed by atoms with van der Waals surface area (Å²) in [5.41, 5.74) is 2.58. The first-order valence-corrected chi connectivity index (χ1v) is 10.3. The van der Waals surface area contributed by atoms with Crippen molar-refractivity contribution in [2.75, 3.05) is 18.4 Å². The molecule has 1 fully saturated rings. The van der Waals surface area contributed by atoms with Crippen molar-refractivity contribution < 1.29 is 14.1 Å². The number of piperidine rings is 1. The first-order valence-electron chi connectivity index (χ1n) is 9.96. The number of rotatable bonds is 4. The van der Waals surface area contributed by atoms with Gasteiger partial charge in [-0.15, -0.1) is 0 Å². The van der Waals surface area contributed by atoms with Crippen LogP contribution in [0.15, 0.2) is 53.1 Å². The van der Waals surface area contributed by atoms with Crippen molar-refractivity contribution in [3.63, 3.8) is 0 Å². The number of anilines is 1. The van der Waals surface area contributed by atoms with Gasteiger partial charge in [-0.25, -0.2) is 0 Å². The van der Waals surface area contributed by atoms with Crippen LogP contribution in [0, 0.1) is 6.92 Å². The molecule has 0 bridgehead atoms. The Bertz CT molecular complexity index is 1070. The molecule has 0 radical (unpaired) electrons. The van der Waals surface area contributed by atoms with Crippen molar-refractivity contribution in [3.05, 3.63) is 70.4 Å². The molecule has 1 saturated heterocycles. The number of aromatic nitrogens is 1. The molecule has 154 valence electrons. The Morgan fingerprint density at radius 3 is 2.50 bits per heavy atom. The third-order valence-electron chi connectivity index (χ3n) is 5.23. The van der Waals surface area contributed by atoms with Crippen molar-refractivity contribution in [1.29, 1.82) is 0 Å². The lowest BCUT2D eigenvalue weighted by Gasteiger charge is -2.27. The predicted molar refractivity (Wildman–Crippen MR) is 116 cm³/mol. The highest BCUT2D eigenvalue weighted by Gasteiger charge is 2.23. The van der Waals surface area contributed by atoms with E-state index < -0.39 is 0 Å². The summed E-state index contributed by atoms with van der Waals surface area (Å²) in [5, 5.41) is 7.10. The van der Waals surface area contributed by atoms with E-state index in [0.717, 1.165) is 37.9 Å². The molecule has 2 heterocycles. The summed E-state index contributed by atoms with van der Waals surface area (Å²) in [7, 11) is 0. The van der Waals surface area contributed by atoms with Gasteiger partial charge in [0.15, 0.2) is 5.76 Å². The van der Waals surface area contributed by atoms with E-state index in [1.54, 1.807) is 25.1 Å². The van der Waals surface area contributed by atoms with Crippen LogP contribution < -0.4 is 5.32 Å². The van der Waals surface area contributed by atoms with Crippen molar-refractivity contribution in [2.45, 2.75) is 26.2 Å². The maximum Gasteiger partial charge on any atom is 0.261 e. The van der Waals surface area contributed by atoms with Crippen LogP contribution in [0.25, 0.3) is 11.3 Å². The number of amides is 2. The molecular weight excluding hydrogens is 402 g/mol. The van der Waals surface area contributed by atoms with E-state index in [1.807, 2.05) is 35.2 Å². The van der Waals surface area contributed by atoms with Crippen molar-refractivity contribution in [2.24, 2.45) is 0 Å². The van der Waals surface area contributed by atoms with Gasteiger partial charge in [-0.2, -0.15) is 0 Å². The molecule has 4 rings (SSSR count). The summed E-state index contributed by atoms with van der Waals surface area (Å²) in [6.07, 6.45) is 3.18. The minimum absolute atomic E-state index is 0.0705. The van der Waals surface area contributed by atoms with Crippen LogP contribution in [0.2, 0.25) is 5.02 Å². The van der Waals surface area contributed by atoms with Crippen LogP contribution in [-0.2, 0) is 0 Å². The number of aryl methyl sites for hydroxylation is 1. The molecule has 0 spiro atoms. The zero-order chi connectivity index (χ0) is 21.1. The van der Waals surface area contributed by atoms with E-state index in [1.165, 1.54) is 0 Å². The lowest BCUT2D eigenvalue weighted by atomic mass is 10.1. The number of halogens is 1. The summed E-state index contributed by atoms with van der Waals surface area (Å²) in [5.74, 6) is -0.00816. The van der Waals surface area contributed by atoms with Gasteiger partial charge < -0.3 is 14.7 Å². The zero-order valence-electron chi connectivity index (χ0n) is 16.7. The van der Waals surface area contributed by atoms with E-state index in [-0.39, 0.29) is 11.8 Å². The van der Waals surface area contributed by atoms with Gasteiger partial charge in [0.25, 0.3) is 11.8 Å². The lowest BCUT2D eigenvalue weighted by Crippen LogP contribution is -2.35. The van der Waals surface area contributed by atoms with Gasteiger partial charge in [-0.3, -0.25) is 9.59 Å². The Balaban J connectivity index is 1.54. The number of nitrogens with zero attached hydrogens (tertiary/aromatic N) is 2. The first-order chi connectivity index (χ1) is 14.5. The molecule has 0 aliphatic carbocycles. The Morgan fingerprint density at radius 2 is 1.80 bits per heavy atom. The second-order valence-corrected chi connectivity index (χ2v) is 7.75. The van der Waals surface area contributed by atoms with Crippen LogP contribution in [0.3, 0.4) is 0 Å². The fraction of sp³-hybridized carbons (Fsp3) is 0.261. The highest BCUT2D eigenvalue weighted by Crippen LogP contribution is 2.28. The molecule has 0 atom stereocenters. The predicted octanol–water partition coefficient (Wildman–Crippen LogP) is 5.18. The zero-order valence-corrected chi connectivity index (χ0v) is 17.4. The largest absolute Gasteiger partial charge is 0.355 e. The summed E-state index contributed by atoms with van der Waals surface area (Å²) in [6, 6.07) is 14.3. The van der Waals surface area contributed by atoms with E-state index >= 15 is 0 Å². The monoisotopic (exact) mass is 423 g/mol. The van der Waals surface area contributed by atoms with Crippen LogP contribution >= 0.6 is 11.6 Å². The van der Waals surface area contributed by atoms with Gasteiger partial charge in [-0.1, -0.05) is 47.1 Å². The van der Waals surface area contributed by atoms with Gasteiger partial charge in [0.2, 0.25) is 0 Å². The van der Waals surface area contributed by atoms with Crippen LogP contribution in [-0.4, -0.2) is 35.0 Å². The molecule has 1 aliphatic heterocycles. The van der Waals surface area contributed by atoms with Crippen LogP contribution in [0.1, 0.15) is 45.7 Å². The van der Waals surface area contributed by atoms with Crippen molar-refractivity contribution in [3.8, 4) is 11.3 Å². The Kier molecular flexibility index (Phi) is 5.86. The molecule has 2 aromatic carbocycles. The summed E-state index contributed by atoms with van der Waals surface area (Å²) >= 11 is 6.38. The van der Waals surface area contributed by atoms with E-state index in [2.05, 4.69) is 10.5 Å². The highest BCUT2D eigenvalue weighted by molar-refractivity contribution is 6.34. The Hall–Kier alpha value is -3.12. The number of hydrogen-bond donors (Lipinski definition) is 1. The van der Waals surface area contributed by atoms with Crippen LogP contribution in [0.4, 0.5) is 5.69 Å². The molecule has 6 nitrogen and oxygen atoms in total. The molecule has 0 unspecified atom stereocenters. The third kappa shape index (κ3) is 4.09. The highest BCUT2D eigenvalue weighted by atomic mass is 35.5. The number of nitrogens with one attached hydrogen (secondary N) is 1. The maximum atomic E-state index is 12.9. The van der Waals surface area contributed by atoms with Gasteiger partial charge in [0, 0.05) is 24.3 Å². The molecule has 3 aromatic rings. The second-order valence-electron chi connectivity index (χ2n) is 7.34. The summed E-state index contributed by atoms with van der Waals surface area (Å²) in [4.78, 5) is 27.5. The van der Waals surface area contributed by atoms with Gasteiger partial charge in [-0.05, 0) is 44.4 Å². The SMILES string of the molecule is Cc1noc(-c2ccccc2)c1C(=O)Nc1ccc(C(=O)N2CCCCC2)c(Cl)c1. The van der Waals surface area contributed by atoms with Gasteiger partial charge in [0.05, 0.1) is 16.3 Å². The maximum absolute atomic E-state index is 12.9. The number of carbonyl (C=O) groups excluding carboxylic acids is 2. The first kappa shape index (κ1) is 20.2. The fourth-order valence-electron chi connectivity index (χ4n) is 3.65. The summed E-state index contributed by atoms with van der Waals surface area (Å²) < 4.78 is 5.39. The van der Waals surface area contributed by atoms with Gasteiger partial charge in [0.1, 0.15) is 5.56 Å². The number of likely N-dealkylation sites (tertiary alicyclic amines) is 1. The average Bonchev–Trinajstić information content (AvgIpc) is 3.16. The number of hydrogen-bond acceptors (Lipinski definition) is 4. The van der Waals surface area contributed by atoms with E-state index in [4.69, 9.17) is 16.1 Å². The molecule has 1 aliphatic rings. The summed E-state index contributed by atoms with van der Waals surface area (Å²) in [6.45, 7) is 3.23. The van der Waals surface area contributed by atoms with E-state index in [9.17, 15) is 9.59 Å². The Morgan fingerprint density at radius 1 is 1.07 bits per heavy atom. The number of carbonyl (C=O) groups is 2. The Labute approximate surface area is 179 Å². The molecule has 0 saturated carbocycles. The molecular formula is C23H22ClN3O3. The molecule has 1 N–H and O–H groups in total. The molecule has 1 aromatic heterocycles. The quantitative estimate of drug-likeness (QED) is 0.627. The van der Waals surface area contributed by atoms with Crippen molar-refractivity contribution in [1.82, 2.24) is 10.1 Å². The molecule has 7 heteroatoms. The minimum Gasteiger partial charge on any atom is -0.355 e. The normalized spacial score (nSPS) is 13.9. The number of benzene rings is 2. The topological polar surface area (TPSA) is 75.4 Å². The van der Waals surface area contributed by atoms with Crippen LogP contribution in [0.5, 0.6) is 0 Å². The standard InChI is InChI=1S/C23H22ClN3O3/c1-15-20(21(30-26-15)16-8-4-2-5-9-16)22(28)25-17-10-11-18(19(24)14-17)23(29)27-12-6-3-7-13-27/h2,4-5,8-11,14H,3,6-7,12-13H2,1H3,(H,25,28). The molecule has 2 amide bonds. The third-order valence-corrected chi connectivity index (χ3v) is 5.54. The van der Waals surface area contributed by atoms with E-state index in [0.29, 0.717) is 33.3 Å². The minimum atomic E-state index is -0.348. The fourth-order valence-corrected chi connectivity index (χ4v) is 3.91. The molecule has 30 heavy (non-hydrogen) atoms. The van der Waals surface area contributed by atoms with Crippen molar-refractivity contribution >= 4 is 29.1 Å². The lowest BCUT2D eigenvalue weighted by molar-refractivity contribution is 0.0724. The smallest absolute Gasteiger partial charge is 0.261 e. The van der Waals surface area contributed by atoms with Gasteiger partial charge >= 0.3 is 0 Å². The second kappa shape index (κ2) is 8.71. The average molecular weight is 424 g/mol.